The maximum absolute atomic E-state index is 12.7. The first kappa shape index (κ1) is 23.5. The van der Waals surface area contributed by atoms with Crippen molar-refractivity contribution in [3.8, 4) is 11.4 Å². The van der Waals surface area contributed by atoms with Gasteiger partial charge in [0.05, 0.1) is 17.9 Å². The minimum absolute atomic E-state index is 0.169. The number of carbonyl (C=O) groups excluding carboxylic acids is 2. The third-order valence-corrected chi connectivity index (χ3v) is 7.55. The van der Waals surface area contributed by atoms with Crippen LogP contribution in [0.4, 0.5) is 5.00 Å². The van der Waals surface area contributed by atoms with E-state index < -0.39 is 5.97 Å². The van der Waals surface area contributed by atoms with E-state index in [9.17, 15) is 9.59 Å². The molecule has 0 spiro atoms. The Morgan fingerprint density at radius 2 is 2.00 bits per heavy atom. The normalized spacial score (nSPS) is 11.0. The molecule has 0 aliphatic heterocycles. The summed E-state index contributed by atoms with van der Waals surface area (Å²) in [6.07, 6.45) is 0.935. The Balaban J connectivity index is 1.73. The largest absolute Gasteiger partial charge is 0.462 e. The second kappa shape index (κ2) is 10.4. The van der Waals surface area contributed by atoms with E-state index in [2.05, 4.69) is 45.4 Å². The fourth-order valence-electron chi connectivity index (χ4n) is 3.05. The van der Waals surface area contributed by atoms with Crippen LogP contribution in [-0.2, 0) is 16.1 Å². The summed E-state index contributed by atoms with van der Waals surface area (Å²) in [6, 6.07) is 2.10. The molecule has 3 heterocycles. The summed E-state index contributed by atoms with van der Waals surface area (Å²) in [6.45, 7) is 10.8. The molecule has 0 unspecified atom stereocenters. The minimum atomic E-state index is -0.411. The van der Waals surface area contributed by atoms with E-state index >= 15 is 0 Å². The highest BCUT2D eigenvalue weighted by Crippen LogP contribution is 2.33. The summed E-state index contributed by atoms with van der Waals surface area (Å²) >= 11 is 4.40. The molecule has 0 aromatic carbocycles. The summed E-state index contributed by atoms with van der Waals surface area (Å²) in [5.74, 6) is 0.382. The maximum atomic E-state index is 12.7. The van der Waals surface area contributed by atoms with Crippen LogP contribution in [0.15, 0.2) is 16.6 Å². The molecule has 0 saturated heterocycles. The smallest absolute Gasteiger partial charge is 0.341 e. The van der Waals surface area contributed by atoms with Crippen molar-refractivity contribution in [2.24, 2.45) is 0 Å². The molecule has 0 atom stereocenters. The number of nitrogens with one attached hydrogen (secondary N) is 1. The maximum Gasteiger partial charge on any atom is 0.341 e. The van der Waals surface area contributed by atoms with E-state index in [1.165, 1.54) is 28.0 Å². The molecule has 1 amide bonds. The van der Waals surface area contributed by atoms with Gasteiger partial charge in [0.2, 0.25) is 5.91 Å². The topological polar surface area (TPSA) is 86.1 Å². The Morgan fingerprint density at radius 3 is 2.65 bits per heavy atom. The lowest BCUT2D eigenvalue weighted by atomic mass is 10.1. The number of nitrogens with zero attached hydrogens (tertiary/aromatic N) is 3. The predicted octanol–water partition coefficient (Wildman–Crippen LogP) is 5.31. The summed E-state index contributed by atoms with van der Waals surface area (Å²) < 4.78 is 7.21. The van der Waals surface area contributed by atoms with Gasteiger partial charge in [-0.3, -0.25) is 4.79 Å². The third kappa shape index (κ3) is 5.36. The fraction of sp³-hybridized carbons (Fsp3) is 0.429. The number of esters is 1. The summed E-state index contributed by atoms with van der Waals surface area (Å²) in [4.78, 5) is 27.2. The number of thioether (sulfide) groups is 1. The lowest BCUT2D eigenvalue weighted by Gasteiger charge is -2.09. The Kier molecular flexibility index (Phi) is 7.90. The van der Waals surface area contributed by atoms with Gasteiger partial charge in [-0.1, -0.05) is 18.7 Å². The zero-order valence-corrected chi connectivity index (χ0v) is 20.7. The van der Waals surface area contributed by atoms with Gasteiger partial charge in [-0.25, -0.2) is 4.79 Å². The van der Waals surface area contributed by atoms with Gasteiger partial charge < -0.3 is 14.6 Å². The van der Waals surface area contributed by atoms with Crippen LogP contribution >= 0.6 is 34.4 Å². The molecule has 7 nitrogen and oxygen atoms in total. The molecule has 0 aliphatic carbocycles. The van der Waals surface area contributed by atoms with Crippen molar-refractivity contribution in [1.82, 2.24) is 14.8 Å². The van der Waals surface area contributed by atoms with Crippen molar-refractivity contribution in [2.75, 3.05) is 17.7 Å². The van der Waals surface area contributed by atoms with Gasteiger partial charge in [-0.15, -0.1) is 32.9 Å². The molecule has 1 N–H and O–H groups in total. The van der Waals surface area contributed by atoms with Crippen LogP contribution in [0, 0.1) is 20.8 Å². The molecular weight excluding hydrogens is 452 g/mol. The lowest BCUT2D eigenvalue weighted by Crippen LogP contribution is -2.17. The molecule has 10 heteroatoms. The number of carbonyl (C=O) groups is 2. The van der Waals surface area contributed by atoms with Crippen LogP contribution in [0.3, 0.4) is 0 Å². The van der Waals surface area contributed by atoms with Gasteiger partial charge >= 0.3 is 5.97 Å². The molecule has 31 heavy (non-hydrogen) atoms. The van der Waals surface area contributed by atoms with Crippen molar-refractivity contribution in [1.29, 1.82) is 0 Å². The van der Waals surface area contributed by atoms with E-state index in [-0.39, 0.29) is 18.3 Å². The highest BCUT2D eigenvalue weighted by atomic mass is 32.2. The quantitative estimate of drug-likeness (QED) is 0.331. The van der Waals surface area contributed by atoms with E-state index in [0.29, 0.717) is 15.7 Å². The lowest BCUT2D eigenvalue weighted by molar-refractivity contribution is -0.113. The predicted molar refractivity (Wildman–Crippen MR) is 127 cm³/mol. The number of hydrogen-bond acceptors (Lipinski definition) is 8. The van der Waals surface area contributed by atoms with Crippen molar-refractivity contribution in [3.05, 3.63) is 32.3 Å². The Hall–Kier alpha value is -2.17. The van der Waals surface area contributed by atoms with Crippen LogP contribution in [-0.4, -0.2) is 39.0 Å². The van der Waals surface area contributed by atoms with E-state index in [1.807, 2.05) is 13.8 Å². The highest BCUT2D eigenvalue weighted by Gasteiger charge is 2.22. The van der Waals surface area contributed by atoms with Crippen LogP contribution < -0.4 is 5.32 Å². The summed E-state index contributed by atoms with van der Waals surface area (Å²) in [5.41, 5.74) is 2.32. The zero-order valence-electron chi connectivity index (χ0n) is 18.3. The summed E-state index contributed by atoms with van der Waals surface area (Å²) in [5, 5.41) is 14.9. The molecular formula is C21H26N4O3S3. The Labute approximate surface area is 194 Å². The number of aryl methyl sites for hydroxylation is 2. The number of anilines is 1. The minimum Gasteiger partial charge on any atom is -0.462 e. The number of amides is 1. The van der Waals surface area contributed by atoms with Gasteiger partial charge in [-0.05, 0) is 45.7 Å². The fourth-order valence-corrected chi connectivity index (χ4v) is 5.56. The van der Waals surface area contributed by atoms with Gasteiger partial charge in [0.25, 0.3) is 0 Å². The first-order valence-electron chi connectivity index (χ1n) is 10.0. The molecule has 0 saturated carbocycles. The number of thiophene rings is 2. The molecule has 3 aromatic rings. The third-order valence-electron chi connectivity index (χ3n) is 4.60. The Bertz CT molecular complexity index is 1080. The molecule has 0 radical (unpaired) electrons. The van der Waals surface area contributed by atoms with E-state index in [0.717, 1.165) is 34.8 Å². The van der Waals surface area contributed by atoms with Gasteiger partial charge in [-0.2, -0.15) is 0 Å². The molecule has 0 fully saturated rings. The van der Waals surface area contributed by atoms with Gasteiger partial charge in [0, 0.05) is 27.2 Å². The van der Waals surface area contributed by atoms with Crippen LogP contribution in [0.1, 0.15) is 45.9 Å². The zero-order chi connectivity index (χ0) is 22.5. The van der Waals surface area contributed by atoms with Crippen molar-refractivity contribution in [2.45, 2.75) is 52.7 Å². The number of rotatable bonds is 9. The van der Waals surface area contributed by atoms with Gasteiger partial charge in [0.15, 0.2) is 11.0 Å². The molecule has 3 aromatic heterocycles. The van der Waals surface area contributed by atoms with Crippen molar-refractivity contribution < 1.29 is 14.3 Å². The second-order valence-corrected chi connectivity index (χ2v) is 10.2. The van der Waals surface area contributed by atoms with E-state index in [4.69, 9.17) is 4.74 Å². The number of ether oxygens (including phenoxy) is 1. The number of aromatic nitrogens is 3. The standard InChI is InChI=1S/C21H26N4O3S3/c1-6-8-25-18(15-9-12(3)29-10-15)23-24-21(25)30-11-16(26)22-19-17(20(27)28-7-2)13(4)14(5)31-19/h9-10H,6-8,11H2,1-5H3,(H,22,26). The van der Waals surface area contributed by atoms with E-state index in [1.54, 1.807) is 18.3 Å². The van der Waals surface area contributed by atoms with Crippen molar-refractivity contribution >= 4 is 51.3 Å². The Morgan fingerprint density at radius 1 is 1.23 bits per heavy atom. The highest BCUT2D eigenvalue weighted by molar-refractivity contribution is 7.99. The molecule has 0 aliphatic rings. The first-order chi connectivity index (χ1) is 14.8. The SMILES string of the molecule is CCCn1c(SCC(=O)Nc2sc(C)c(C)c2C(=O)OCC)nnc1-c1csc(C)c1. The molecule has 0 bridgehead atoms. The van der Waals surface area contributed by atoms with Crippen LogP contribution in [0.25, 0.3) is 11.4 Å². The second-order valence-electron chi connectivity index (χ2n) is 6.95. The average Bonchev–Trinajstić information content (AvgIpc) is 3.39. The molecule has 166 valence electrons. The molecule has 3 rings (SSSR count). The first-order valence-corrected chi connectivity index (χ1v) is 12.7. The summed E-state index contributed by atoms with van der Waals surface area (Å²) in [7, 11) is 0. The van der Waals surface area contributed by atoms with Crippen molar-refractivity contribution in [3.63, 3.8) is 0 Å². The average molecular weight is 479 g/mol. The van der Waals surface area contributed by atoms with Crippen LogP contribution in [0.2, 0.25) is 0 Å². The van der Waals surface area contributed by atoms with Crippen LogP contribution in [0.5, 0.6) is 0 Å². The monoisotopic (exact) mass is 478 g/mol. The number of hydrogen-bond donors (Lipinski definition) is 1. The van der Waals surface area contributed by atoms with Gasteiger partial charge in [0.1, 0.15) is 5.00 Å².